The number of nitrogens with one attached hydrogen (secondary N) is 1. The summed E-state index contributed by atoms with van der Waals surface area (Å²) in [6.07, 6.45) is 2.04. The van der Waals surface area contributed by atoms with Crippen molar-refractivity contribution in [2.45, 2.75) is 26.1 Å². The summed E-state index contributed by atoms with van der Waals surface area (Å²) in [5.41, 5.74) is 14.7. The Morgan fingerprint density at radius 3 is 2.58 bits per heavy atom. The molecule has 0 saturated carbocycles. The van der Waals surface area contributed by atoms with E-state index >= 15 is 0 Å². The molecule has 1 aromatic heterocycles. The van der Waals surface area contributed by atoms with E-state index in [1.165, 1.54) is 0 Å². The summed E-state index contributed by atoms with van der Waals surface area (Å²) in [5, 5.41) is 8.49. The molecular formula is C18H23N5O. The van der Waals surface area contributed by atoms with E-state index in [1.54, 1.807) is 24.4 Å². The van der Waals surface area contributed by atoms with Crippen LogP contribution in [0.4, 0.5) is 17.2 Å². The van der Waals surface area contributed by atoms with E-state index in [-0.39, 0.29) is 12.2 Å². The molecule has 0 amide bonds. The smallest absolute Gasteiger partial charge is 0.129 e. The summed E-state index contributed by atoms with van der Waals surface area (Å²) in [4.78, 5) is 6.66. The second kappa shape index (κ2) is 6.49. The van der Waals surface area contributed by atoms with E-state index in [0.717, 1.165) is 24.5 Å². The average molecular weight is 325 g/mol. The van der Waals surface area contributed by atoms with Gasteiger partial charge >= 0.3 is 0 Å². The number of nitrogen functional groups attached to an aromatic ring is 2. The summed E-state index contributed by atoms with van der Waals surface area (Å²) < 4.78 is 5.77. The number of rotatable bonds is 3. The second-order valence-corrected chi connectivity index (χ2v) is 6.29. The first-order valence-electron chi connectivity index (χ1n) is 8.05. The van der Waals surface area contributed by atoms with Gasteiger partial charge in [-0.15, -0.1) is 0 Å². The van der Waals surface area contributed by atoms with Gasteiger partial charge in [-0.3, -0.25) is 5.41 Å². The highest BCUT2D eigenvalue weighted by molar-refractivity contribution is 6.14. The molecule has 0 spiro atoms. The van der Waals surface area contributed by atoms with Crippen molar-refractivity contribution in [3.8, 4) is 0 Å². The minimum Gasteiger partial charge on any atom is -0.399 e. The molecule has 6 nitrogen and oxygen atoms in total. The van der Waals surface area contributed by atoms with Crippen molar-refractivity contribution in [3.05, 3.63) is 47.7 Å². The van der Waals surface area contributed by atoms with Gasteiger partial charge in [-0.25, -0.2) is 4.98 Å². The number of nitrogens with two attached hydrogens (primary N) is 2. The molecule has 2 unspecified atom stereocenters. The number of hydrogen-bond acceptors (Lipinski definition) is 6. The Labute approximate surface area is 141 Å². The van der Waals surface area contributed by atoms with Gasteiger partial charge in [-0.2, -0.15) is 0 Å². The lowest BCUT2D eigenvalue weighted by atomic mass is 10.0. The number of pyridine rings is 1. The van der Waals surface area contributed by atoms with E-state index in [0.29, 0.717) is 22.6 Å². The standard InChI is InChI=1S/C18H23N5O/c1-11-9-23(10-12(2)24-11)17-7-13(5-6-22-17)18(21)15-8-14(19)3-4-16(15)20/h3-8,11-12,21H,9-10,19-20H2,1-2H3. The maximum Gasteiger partial charge on any atom is 0.129 e. The highest BCUT2D eigenvalue weighted by Gasteiger charge is 2.23. The second-order valence-electron chi connectivity index (χ2n) is 6.29. The molecule has 0 radical (unpaired) electrons. The zero-order chi connectivity index (χ0) is 17.3. The Balaban J connectivity index is 1.90. The van der Waals surface area contributed by atoms with Gasteiger partial charge in [0, 0.05) is 41.8 Å². The first kappa shape index (κ1) is 16.3. The average Bonchev–Trinajstić information content (AvgIpc) is 2.55. The molecule has 6 heteroatoms. The van der Waals surface area contributed by atoms with Crippen LogP contribution in [0, 0.1) is 5.41 Å². The molecule has 24 heavy (non-hydrogen) atoms. The van der Waals surface area contributed by atoms with Crippen molar-refractivity contribution in [2.75, 3.05) is 29.5 Å². The predicted molar refractivity (Wildman–Crippen MR) is 97.7 cm³/mol. The molecule has 1 aromatic carbocycles. The van der Waals surface area contributed by atoms with Crippen LogP contribution in [0.1, 0.15) is 25.0 Å². The van der Waals surface area contributed by atoms with Crippen LogP contribution in [0.15, 0.2) is 36.5 Å². The molecule has 3 rings (SSSR count). The van der Waals surface area contributed by atoms with E-state index in [9.17, 15) is 0 Å². The molecule has 1 aliphatic heterocycles. The van der Waals surface area contributed by atoms with Gasteiger partial charge in [0.2, 0.25) is 0 Å². The number of anilines is 3. The Morgan fingerprint density at radius 2 is 1.88 bits per heavy atom. The lowest BCUT2D eigenvalue weighted by Crippen LogP contribution is -2.45. The number of nitrogens with zero attached hydrogens (tertiary/aromatic N) is 2. The van der Waals surface area contributed by atoms with Gasteiger partial charge in [0.25, 0.3) is 0 Å². The Bertz CT molecular complexity index is 751. The Kier molecular flexibility index (Phi) is 4.40. The highest BCUT2D eigenvalue weighted by Crippen LogP contribution is 2.23. The number of morpholine rings is 1. The molecule has 1 fully saturated rings. The maximum absolute atomic E-state index is 8.49. The van der Waals surface area contributed by atoms with Crippen molar-refractivity contribution < 1.29 is 4.74 Å². The van der Waals surface area contributed by atoms with Crippen LogP contribution in [0.5, 0.6) is 0 Å². The number of hydrogen-bond donors (Lipinski definition) is 3. The molecular weight excluding hydrogens is 302 g/mol. The Morgan fingerprint density at radius 1 is 1.17 bits per heavy atom. The van der Waals surface area contributed by atoms with Crippen LogP contribution in [-0.2, 0) is 4.74 Å². The van der Waals surface area contributed by atoms with Crippen LogP contribution in [0.3, 0.4) is 0 Å². The van der Waals surface area contributed by atoms with E-state index in [2.05, 4.69) is 23.7 Å². The first-order chi connectivity index (χ1) is 11.4. The van der Waals surface area contributed by atoms with Crippen molar-refractivity contribution in [2.24, 2.45) is 0 Å². The monoisotopic (exact) mass is 325 g/mol. The molecule has 0 bridgehead atoms. The first-order valence-corrected chi connectivity index (χ1v) is 8.05. The summed E-state index contributed by atoms with van der Waals surface area (Å²) in [5.74, 6) is 0.849. The van der Waals surface area contributed by atoms with Crippen LogP contribution in [-0.4, -0.2) is 36.0 Å². The van der Waals surface area contributed by atoms with Crippen LogP contribution in [0.2, 0.25) is 0 Å². The maximum atomic E-state index is 8.49. The Hall–Kier alpha value is -2.60. The minimum absolute atomic E-state index is 0.156. The minimum atomic E-state index is 0.156. The fourth-order valence-corrected chi connectivity index (χ4v) is 3.06. The quantitative estimate of drug-likeness (QED) is 0.593. The van der Waals surface area contributed by atoms with Crippen molar-refractivity contribution in [1.82, 2.24) is 4.98 Å². The van der Waals surface area contributed by atoms with Gasteiger partial charge in [0.1, 0.15) is 5.82 Å². The van der Waals surface area contributed by atoms with Crippen LogP contribution >= 0.6 is 0 Å². The van der Waals surface area contributed by atoms with Crippen molar-refractivity contribution in [1.29, 1.82) is 5.41 Å². The molecule has 2 aromatic rings. The van der Waals surface area contributed by atoms with Gasteiger partial charge in [0.15, 0.2) is 0 Å². The van der Waals surface area contributed by atoms with Gasteiger partial charge in [-0.1, -0.05) is 0 Å². The number of aromatic nitrogens is 1. The SMILES string of the molecule is CC1CN(c2cc(C(=N)c3cc(N)ccc3N)ccn2)CC(C)O1. The molecule has 0 aliphatic carbocycles. The van der Waals surface area contributed by atoms with Crippen molar-refractivity contribution in [3.63, 3.8) is 0 Å². The molecule has 1 saturated heterocycles. The number of benzene rings is 1. The highest BCUT2D eigenvalue weighted by atomic mass is 16.5. The van der Waals surface area contributed by atoms with Gasteiger partial charge < -0.3 is 21.1 Å². The van der Waals surface area contributed by atoms with E-state index in [1.807, 2.05) is 12.1 Å². The zero-order valence-electron chi connectivity index (χ0n) is 14.0. The van der Waals surface area contributed by atoms with E-state index < -0.39 is 0 Å². The fraction of sp³-hybridized carbons (Fsp3) is 0.333. The molecule has 1 aliphatic rings. The van der Waals surface area contributed by atoms with Crippen molar-refractivity contribution >= 4 is 22.9 Å². The number of ether oxygens (including phenoxy) is 1. The third-order valence-electron chi connectivity index (χ3n) is 4.12. The van der Waals surface area contributed by atoms with E-state index in [4.69, 9.17) is 21.6 Å². The third-order valence-corrected chi connectivity index (χ3v) is 4.12. The molecule has 2 atom stereocenters. The fourth-order valence-electron chi connectivity index (χ4n) is 3.06. The summed E-state index contributed by atoms with van der Waals surface area (Å²) in [6.45, 7) is 5.69. The summed E-state index contributed by atoms with van der Waals surface area (Å²) >= 11 is 0. The third kappa shape index (κ3) is 3.33. The molecule has 5 N–H and O–H groups in total. The summed E-state index contributed by atoms with van der Waals surface area (Å²) in [7, 11) is 0. The van der Waals surface area contributed by atoms with Gasteiger partial charge in [0.05, 0.1) is 17.9 Å². The zero-order valence-corrected chi connectivity index (χ0v) is 14.0. The molecule has 126 valence electrons. The predicted octanol–water partition coefficient (Wildman–Crippen LogP) is 2.28. The topological polar surface area (TPSA) is 101 Å². The lowest BCUT2D eigenvalue weighted by molar-refractivity contribution is -0.00545. The normalized spacial score (nSPS) is 20.8. The molecule has 2 heterocycles. The summed E-state index contributed by atoms with van der Waals surface area (Å²) in [6, 6.07) is 8.95. The largest absolute Gasteiger partial charge is 0.399 e. The van der Waals surface area contributed by atoms with Gasteiger partial charge in [-0.05, 0) is 44.2 Å². The van der Waals surface area contributed by atoms with Crippen LogP contribution in [0.25, 0.3) is 0 Å². The van der Waals surface area contributed by atoms with Crippen LogP contribution < -0.4 is 16.4 Å². The lowest BCUT2D eigenvalue weighted by Gasteiger charge is -2.36.